The molecule has 0 saturated heterocycles. The molecule has 5 rings (SSSR count). The minimum absolute atomic E-state index is 0.179. The number of rotatable bonds is 6. The highest BCUT2D eigenvalue weighted by molar-refractivity contribution is 6.39. The molecule has 0 atom stereocenters. The number of halogens is 2. The lowest BCUT2D eigenvalue weighted by Gasteiger charge is -2.14. The molecule has 1 N–H and O–H groups in total. The molecule has 4 aromatic heterocycles. The van der Waals surface area contributed by atoms with E-state index in [0.29, 0.717) is 50.0 Å². The van der Waals surface area contributed by atoms with E-state index in [4.69, 9.17) is 32.7 Å². The molecule has 0 fully saturated rings. The monoisotopic (exact) mass is 519 g/mol. The fraction of sp³-hybridized carbons (Fsp3) is 0.111. The van der Waals surface area contributed by atoms with Gasteiger partial charge in [0, 0.05) is 46.4 Å². The molecule has 7 nitrogen and oxygen atoms in total. The lowest BCUT2D eigenvalue weighted by molar-refractivity contribution is 0.277. The zero-order chi connectivity index (χ0) is 25.4. The standard InChI is InChI=1S/C27H21Cl2N4O3/c1-15-7-8-21(32-27(15)36-3)20-6-4-5-18(23(20)28)19-9-10-30-25(24(19)29)16-11-22(35-2)26-31-17(14-34)13-33(26)12-16/h4-13,34H,1,14H2,2-3H3. The lowest BCUT2D eigenvalue weighted by Crippen LogP contribution is -1.96. The minimum Gasteiger partial charge on any atom is -0.493 e. The third-order valence-corrected chi connectivity index (χ3v) is 6.60. The van der Waals surface area contributed by atoms with Gasteiger partial charge >= 0.3 is 0 Å². The molecular weight excluding hydrogens is 499 g/mol. The summed E-state index contributed by atoms with van der Waals surface area (Å²) in [6.07, 6.45) is 5.26. The Hall–Kier alpha value is -3.65. The molecule has 0 aliphatic heterocycles. The van der Waals surface area contributed by atoms with E-state index in [0.717, 1.165) is 22.3 Å². The highest BCUT2D eigenvalue weighted by Gasteiger charge is 2.19. The van der Waals surface area contributed by atoms with Crippen LogP contribution in [-0.4, -0.2) is 38.7 Å². The number of fused-ring (bicyclic) bond motifs is 1. The van der Waals surface area contributed by atoms with E-state index >= 15 is 0 Å². The number of aromatic nitrogens is 4. The number of pyridine rings is 3. The van der Waals surface area contributed by atoms with Gasteiger partial charge in [-0.05, 0) is 25.1 Å². The van der Waals surface area contributed by atoms with Gasteiger partial charge in [0.15, 0.2) is 11.4 Å². The second kappa shape index (κ2) is 9.78. The van der Waals surface area contributed by atoms with Gasteiger partial charge in [-0.25, -0.2) is 9.97 Å². The first-order valence-corrected chi connectivity index (χ1v) is 11.7. The Morgan fingerprint density at radius 1 is 0.944 bits per heavy atom. The fourth-order valence-corrected chi connectivity index (χ4v) is 4.71. The first-order chi connectivity index (χ1) is 17.4. The summed E-state index contributed by atoms with van der Waals surface area (Å²) in [5.74, 6) is 0.968. The van der Waals surface area contributed by atoms with E-state index in [1.807, 2.05) is 48.7 Å². The molecule has 9 heteroatoms. The van der Waals surface area contributed by atoms with Gasteiger partial charge in [-0.1, -0.05) is 47.5 Å². The van der Waals surface area contributed by atoms with Crippen LogP contribution < -0.4 is 9.47 Å². The maximum Gasteiger partial charge on any atom is 0.216 e. The van der Waals surface area contributed by atoms with E-state index in [-0.39, 0.29) is 6.61 Å². The van der Waals surface area contributed by atoms with Crippen LogP contribution in [0.3, 0.4) is 0 Å². The van der Waals surface area contributed by atoms with Crippen LogP contribution in [0.1, 0.15) is 11.3 Å². The molecule has 36 heavy (non-hydrogen) atoms. The van der Waals surface area contributed by atoms with Crippen molar-refractivity contribution in [2.24, 2.45) is 0 Å². The smallest absolute Gasteiger partial charge is 0.216 e. The first kappa shape index (κ1) is 24.1. The number of hydrogen-bond acceptors (Lipinski definition) is 6. The van der Waals surface area contributed by atoms with Gasteiger partial charge in [0.1, 0.15) is 0 Å². The summed E-state index contributed by atoms with van der Waals surface area (Å²) in [5.41, 5.74) is 5.92. The van der Waals surface area contributed by atoms with Gasteiger partial charge in [0.25, 0.3) is 0 Å². The van der Waals surface area contributed by atoms with Crippen LogP contribution >= 0.6 is 23.2 Å². The Morgan fingerprint density at radius 3 is 2.47 bits per heavy atom. The number of imidazole rings is 1. The van der Waals surface area contributed by atoms with Crippen LogP contribution in [0, 0.1) is 6.92 Å². The normalized spacial score (nSPS) is 11.2. The molecule has 5 aromatic rings. The fourth-order valence-electron chi connectivity index (χ4n) is 4.06. The first-order valence-electron chi connectivity index (χ1n) is 10.9. The van der Waals surface area contributed by atoms with Crippen molar-refractivity contribution in [2.75, 3.05) is 14.2 Å². The molecule has 0 unspecified atom stereocenters. The predicted octanol–water partition coefficient (Wildman–Crippen LogP) is 6.12. The Labute approximate surface area is 217 Å². The van der Waals surface area contributed by atoms with Crippen molar-refractivity contribution < 1.29 is 14.6 Å². The van der Waals surface area contributed by atoms with Crippen LogP contribution in [0.5, 0.6) is 11.6 Å². The second-order valence-electron chi connectivity index (χ2n) is 7.97. The van der Waals surface area contributed by atoms with Crippen LogP contribution in [0.4, 0.5) is 0 Å². The van der Waals surface area contributed by atoms with Crippen molar-refractivity contribution in [3.63, 3.8) is 0 Å². The summed E-state index contributed by atoms with van der Waals surface area (Å²) in [6.45, 7) is 3.75. The molecular formula is C27H21Cl2N4O3. The van der Waals surface area contributed by atoms with Gasteiger partial charge in [-0.15, -0.1) is 0 Å². The zero-order valence-corrected chi connectivity index (χ0v) is 21.0. The van der Waals surface area contributed by atoms with Gasteiger partial charge in [-0.3, -0.25) is 4.98 Å². The molecule has 1 radical (unpaired) electrons. The van der Waals surface area contributed by atoms with Crippen molar-refractivity contribution in [3.05, 3.63) is 89.3 Å². The molecule has 0 aliphatic rings. The summed E-state index contributed by atoms with van der Waals surface area (Å²) in [6, 6.07) is 13.0. The van der Waals surface area contributed by atoms with E-state index in [1.165, 1.54) is 0 Å². The Balaban J connectivity index is 1.64. The van der Waals surface area contributed by atoms with E-state index < -0.39 is 0 Å². The molecule has 4 heterocycles. The maximum absolute atomic E-state index is 9.49. The number of methoxy groups -OCH3 is 2. The number of hydrogen-bond donors (Lipinski definition) is 1. The largest absolute Gasteiger partial charge is 0.493 e. The van der Waals surface area contributed by atoms with Crippen molar-refractivity contribution in [1.82, 2.24) is 19.4 Å². The number of ether oxygens (including phenoxy) is 2. The summed E-state index contributed by atoms with van der Waals surface area (Å²) < 4.78 is 12.6. The van der Waals surface area contributed by atoms with Gasteiger partial charge in [0.2, 0.25) is 5.88 Å². The zero-order valence-electron chi connectivity index (χ0n) is 19.5. The average molecular weight is 520 g/mol. The highest BCUT2D eigenvalue weighted by Crippen LogP contribution is 2.42. The Bertz CT molecular complexity index is 1600. The van der Waals surface area contributed by atoms with Crippen molar-refractivity contribution in [2.45, 2.75) is 6.61 Å². The van der Waals surface area contributed by atoms with Crippen LogP contribution in [0.2, 0.25) is 10.0 Å². The number of aliphatic hydroxyl groups excluding tert-OH is 1. The van der Waals surface area contributed by atoms with Crippen LogP contribution in [0.25, 0.3) is 39.3 Å². The molecule has 0 aliphatic carbocycles. The Kier molecular flexibility index (Phi) is 6.53. The second-order valence-corrected chi connectivity index (χ2v) is 8.73. The number of benzene rings is 1. The highest BCUT2D eigenvalue weighted by atomic mass is 35.5. The van der Waals surface area contributed by atoms with Gasteiger partial charge in [-0.2, -0.15) is 0 Å². The summed E-state index contributed by atoms with van der Waals surface area (Å²) >= 11 is 13.8. The number of nitrogens with zero attached hydrogens (tertiary/aromatic N) is 4. The van der Waals surface area contributed by atoms with Crippen LogP contribution in [0.15, 0.2) is 61.1 Å². The predicted molar refractivity (Wildman–Crippen MR) is 141 cm³/mol. The van der Waals surface area contributed by atoms with Crippen molar-refractivity contribution >= 4 is 28.8 Å². The molecule has 181 valence electrons. The third-order valence-electron chi connectivity index (χ3n) is 5.81. The average Bonchev–Trinajstić information content (AvgIpc) is 3.32. The molecule has 0 amide bonds. The van der Waals surface area contributed by atoms with Gasteiger partial charge in [0.05, 0.1) is 48.0 Å². The lowest BCUT2D eigenvalue weighted by atomic mass is 10.00. The maximum atomic E-state index is 9.49. The van der Waals surface area contributed by atoms with E-state index in [2.05, 4.69) is 21.9 Å². The Morgan fingerprint density at radius 2 is 1.72 bits per heavy atom. The minimum atomic E-state index is -0.179. The summed E-state index contributed by atoms with van der Waals surface area (Å²) in [5, 5.41) is 10.4. The topological polar surface area (TPSA) is 81.8 Å². The summed E-state index contributed by atoms with van der Waals surface area (Å²) in [7, 11) is 3.12. The third kappa shape index (κ3) is 4.15. The van der Waals surface area contributed by atoms with E-state index in [1.54, 1.807) is 31.0 Å². The molecule has 0 saturated carbocycles. The number of aliphatic hydroxyl groups is 1. The van der Waals surface area contributed by atoms with Crippen LogP contribution in [-0.2, 0) is 6.61 Å². The SMILES string of the molecule is [CH2]c1ccc(-c2cccc(-c3ccnc(-c4cc(OC)c5nc(CO)cn5c4)c3Cl)c2Cl)nc1OC. The molecule has 0 bridgehead atoms. The van der Waals surface area contributed by atoms with Crippen molar-refractivity contribution in [3.8, 4) is 45.3 Å². The quantitative estimate of drug-likeness (QED) is 0.290. The van der Waals surface area contributed by atoms with Gasteiger partial charge < -0.3 is 19.0 Å². The molecule has 1 aromatic carbocycles. The van der Waals surface area contributed by atoms with E-state index in [9.17, 15) is 5.11 Å². The van der Waals surface area contributed by atoms with Crippen molar-refractivity contribution in [1.29, 1.82) is 0 Å². The molecule has 0 spiro atoms. The summed E-state index contributed by atoms with van der Waals surface area (Å²) in [4.78, 5) is 13.5.